The van der Waals surface area contributed by atoms with Gasteiger partial charge in [0.15, 0.2) is 5.69 Å². The molecule has 186 valence electrons. The van der Waals surface area contributed by atoms with Gasteiger partial charge in [0.1, 0.15) is 10.1 Å². The molecule has 0 aliphatic rings. The first-order chi connectivity index (χ1) is 16.0. The molecule has 0 saturated carbocycles. The van der Waals surface area contributed by atoms with Gasteiger partial charge < -0.3 is 14.4 Å². The number of benzene rings is 3. The van der Waals surface area contributed by atoms with E-state index in [9.17, 15) is 44.1 Å². The highest BCUT2D eigenvalue weighted by atomic mass is 32.2. The minimum Gasteiger partial charge on any atom is -0.744 e. The van der Waals surface area contributed by atoms with Crippen molar-refractivity contribution in [1.29, 1.82) is 0 Å². The molecule has 0 spiro atoms. The number of esters is 1. The molecule has 0 radical (unpaired) electrons. The third-order valence-electron chi connectivity index (χ3n) is 5.12. The zero-order chi connectivity index (χ0) is 26.4. The number of ether oxygens (including phenoxy) is 1. The zero-order valence-electron chi connectivity index (χ0n) is 17.1. The molecule has 0 aliphatic carbocycles. The maximum Gasteiger partial charge on any atom is 0.426 e. The molecule has 0 saturated heterocycles. The number of hydrogen-bond acceptors (Lipinski definition) is 6. The molecule has 1 N–H and O–H groups in total. The zero-order valence-corrected chi connectivity index (χ0v) is 17.9. The van der Waals surface area contributed by atoms with Crippen LogP contribution in [0.25, 0.3) is 26.4 Å². The highest BCUT2D eigenvalue weighted by Crippen LogP contribution is 2.45. The van der Waals surface area contributed by atoms with Crippen molar-refractivity contribution < 1.29 is 54.0 Å². The Kier molecular flexibility index (Phi) is 6.49. The maximum atomic E-state index is 12.8. The van der Waals surface area contributed by atoms with E-state index in [1.54, 1.807) is 0 Å². The highest BCUT2D eigenvalue weighted by molar-refractivity contribution is 7.86. The van der Waals surface area contributed by atoms with Gasteiger partial charge in [-0.05, 0) is 51.9 Å². The number of nitrogens with zero attached hydrogens (tertiary/aromatic N) is 1. The molecule has 0 bridgehead atoms. The van der Waals surface area contributed by atoms with Gasteiger partial charge in [-0.2, -0.15) is 26.3 Å². The van der Waals surface area contributed by atoms with Gasteiger partial charge in [0.25, 0.3) is 5.60 Å². The Morgan fingerprint density at radius 2 is 1.60 bits per heavy atom. The van der Waals surface area contributed by atoms with Gasteiger partial charge >= 0.3 is 18.3 Å². The molecule has 0 aliphatic heterocycles. The molecular weight excluding hydrogens is 508 g/mol. The summed E-state index contributed by atoms with van der Waals surface area (Å²) in [6.07, 6.45) is -14.3. The molecule has 0 aromatic heterocycles. The quantitative estimate of drug-likeness (QED) is 0.169. The van der Waals surface area contributed by atoms with Crippen LogP contribution < -0.4 is 0 Å². The Labute approximate surface area is 193 Å². The standard InChI is InChI=1S/C21H13F6NO6S/c1-28-15-3-2-11-9-16-13(6-12(11)8-15)7-14(10-17(16)35(31,32)33)18(29)34-5-4-19(30,20(22,23)24)21(25,26)27/h2-3,6-10,30H,4-5H2,(H,31,32,33)/p-1. The Morgan fingerprint density at radius 1 is 0.971 bits per heavy atom. The van der Waals surface area contributed by atoms with E-state index in [4.69, 9.17) is 11.7 Å². The first-order valence-electron chi connectivity index (χ1n) is 9.36. The summed E-state index contributed by atoms with van der Waals surface area (Å²) < 4.78 is 116. The van der Waals surface area contributed by atoms with Crippen LogP contribution in [0.1, 0.15) is 16.8 Å². The second-order valence-corrected chi connectivity index (χ2v) is 8.73. The van der Waals surface area contributed by atoms with Crippen molar-refractivity contribution in [2.45, 2.75) is 29.3 Å². The molecule has 0 fully saturated rings. The van der Waals surface area contributed by atoms with Crippen LogP contribution in [0, 0.1) is 6.57 Å². The fourth-order valence-corrected chi connectivity index (χ4v) is 3.99. The first kappa shape index (κ1) is 26.2. The number of carbonyl (C=O) groups excluding carboxylic acids is 1. The second kappa shape index (κ2) is 8.67. The summed E-state index contributed by atoms with van der Waals surface area (Å²) in [5.41, 5.74) is -5.56. The molecular formula is C21H12F6NO6S-. The Morgan fingerprint density at radius 3 is 2.14 bits per heavy atom. The maximum absolute atomic E-state index is 12.8. The summed E-state index contributed by atoms with van der Waals surface area (Å²) >= 11 is 0. The SMILES string of the molecule is [C-]#[N+]c1ccc2cc3c(S(=O)(=O)[O-])cc(C(=O)OCCC(O)(C(F)(F)F)C(F)(F)F)cc3cc2c1. The van der Waals surface area contributed by atoms with Crippen molar-refractivity contribution in [2.75, 3.05) is 6.61 Å². The van der Waals surface area contributed by atoms with E-state index in [0.29, 0.717) is 16.8 Å². The third kappa shape index (κ3) is 5.02. The van der Waals surface area contributed by atoms with Crippen molar-refractivity contribution >= 4 is 43.3 Å². The van der Waals surface area contributed by atoms with Crippen LogP contribution in [0.2, 0.25) is 0 Å². The fourth-order valence-electron chi connectivity index (χ4n) is 3.28. The topological polar surface area (TPSA) is 108 Å². The second-order valence-electron chi connectivity index (χ2n) is 7.39. The van der Waals surface area contributed by atoms with Gasteiger partial charge in [0.2, 0.25) is 0 Å². The Bertz CT molecular complexity index is 1460. The molecule has 3 rings (SSSR count). The van der Waals surface area contributed by atoms with Crippen LogP contribution in [0.4, 0.5) is 32.0 Å². The summed E-state index contributed by atoms with van der Waals surface area (Å²) in [6.45, 7) is 5.53. The van der Waals surface area contributed by atoms with Crippen LogP contribution in [-0.2, 0) is 14.9 Å². The monoisotopic (exact) mass is 520 g/mol. The van der Waals surface area contributed by atoms with Crippen LogP contribution in [0.3, 0.4) is 0 Å². The van der Waals surface area contributed by atoms with E-state index < -0.39 is 57.5 Å². The lowest BCUT2D eigenvalue weighted by molar-refractivity contribution is -0.371. The predicted octanol–water partition coefficient (Wildman–Crippen LogP) is 4.85. The van der Waals surface area contributed by atoms with Crippen LogP contribution in [0.5, 0.6) is 0 Å². The van der Waals surface area contributed by atoms with E-state index in [1.807, 2.05) is 0 Å². The number of aliphatic hydroxyl groups is 1. The van der Waals surface area contributed by atoms with Crippen molar-refractivity contribution in [1.82, 2.24) is 0 Å². The summed E-state index contributed by atoms with van der Waals surface area (Å²) in [5, 5.41) is 9.89. The van der Waals surface area contributed by atoms with Gasteiger partial charge in [-0.3, -0.25) is 0 Å². The van der Waals surface area contributed by atoms with Crippen molar-refractivity contribution in [3.8, 4) is 0 Å². The van der Waals surface area contributed by atoms with E-state index in [1.165, 1.54) is 30.3 Å². The summed E-state index contributed by atoms with van der Waals surface area (Å²) in [5.74, 6) is -1.53. The number of fused-ring (bicyclic) bond motifs is 2. The minimum absolute atomic E-state index is 0.00518. The average molecular weight is 520 g/mol. The van der Waals surface area contributed by atoms with E-state index in [2.05, 4.69) is 9.58 Å². The van der Waals surface area contributed by atoms with Gasteiger partial charge in [0.05, 0.1) is 23.6 Å². The molecule has 3 aromatic carbocycles. The molecule has 35 heavy (non-hydrogen) atoms. The molecule has 0 unspecified atom stereocenters. The molecule has 14 heteroatoms. The van der Waals surface area contributed by atoms with Crippen LogP contribution in [-0.4, -0.2) is 48.6 Å². The lowest BCUT2D eigenvalue weighted by Crippen LogP contribution is -2.57. The highest BCUT2D eigenvalue weighted by Gasteiger charge is 2.70. The first-order valence-corrected chi connectivity index (χ1v) is 10.8. The number of halogens is 6. The van der Waals surface area contributed by atoms with Gasteiger partial charge in [-0.15, -0.1) is 0 Å². The number of hydrogen-bond donors (Lipinski definition) is 1. The lowest BCUT2D eigenvalue weighted by atomic mass is 9.99. The summed E-state index contributed by atoms with van der Waals surface area (Å²) in [6, 6.07) is 8.65. The van der Waals surface area contributed by atoms with Gasteiger partial charge in [-0.1, -0.05) is 12.1 Å². The smallest absolute Gasteiger partial charge is 0.426 e. The predicted molar refractivity (Wildman–Crippen MR) is 108 cm³/mol. The summed E-state index contributed by atoms with van der Waals surface area (Å²) in [4.78, 5) is 14.7. The Balaban J connectivity index is 2.01. The van der Waals surface area contributed by atoms with E-state index >= 15 is 0 Å². The van der Waals surface area contributed by atoms with Crippen molar-refractivity contribution in [2.24, 2.45) is 0 Å². The molecule has 0 heterocycles. The molecule has 0 atom stereocenters. The normalized spacial score (nSPS) is 13.1. The van der Waals surface area contributed by atoms with Crippen LogP contribution >= 0.6 is 0 Å². The summed E-state index contributed by atoms with van der Waals surface area (Å²) in [7, 11) is -5.19. The third-order valence-corrected chi connectivity index (χ3v) is 6.00. The van der Waals surface area contributed by atoms with Crippen molar-refractivity contribution in [3.05, 3.63) is 59.4 Å². The number of alkyl halides is 6. The van der Waals surface area contributed by atoms with Crippen molar-refractivity contribution in [3.63, 3.8) is 0 Å². The minimum atomic E-state index is -6.12. The average Bonchev–Trinajstić information content (AvgIpc) is 2.73. The lowest BCUT2D eigenvalue weighted by Gasteiger charge is -2.32. The number of rotatable bonds is 5. The molecule has 3 aromatic rings. The number of carbonyl (C=O) groups is 1. The Hall–Kier alpha value is -3.41. The van der Waals surface area contributed by atoms with Crippen LogP contribution in [0.15, 0.2) is 47.4 Å². The van der Waals surface area contributed by atoms with E-state index in [0.717, 1.165) is 6.07 Å². The van der Waals surface area contributed by atoms with E-state index in [-0.39, 0.29) is 16.5 Å². The fraction of sp³-hybridized carbons (Fsp3) is 0.238. The van der Waals surface area contributed by atoms with Gasteiger partial charge in [-0.25, -0.2) is 18.1 Å². The van der Waals surface area contributed by atoms with Gasteiger partial charge in [0, 0.05) is 6.42 Å². The molecule has 7 nitrogen and oxygen atoms in total. The molecule has 0 amide bonds. The largest absolute Gasteiger partial charge is 0.744 e.